The van der Waals surface area contributed by atoms with Gasteiger partial charge in [0, 0.05) is 23.9 Å². The van der Waals surface area contributed by atoms with Crippen LogP contribution < -0.4 is 10.1 Å². The Hall–Kier alpha value is -3.57. The lowest BCUT2D eigenvalue weighted by atomic mass is 10.1. The molecule has 2 radical (unpaired) electrons. The molecule has 1 aromatic carbocycles. The van der Waals surface area contributed by atoms with Crippen LogP contribution in [0, 0.1) is 0 Å². The lowest BCUT2D eigenvalue weighted by Crippen LogP contribution is -2.24. The summed E-state index contributed by atoms with van der Waals surface area (Å²) in [7, 11) is 6.35. The fraction of sp³-hybridized carbons (Fsp3) is 0.300. The minimum atomic E-state index is -4.64. The number of methoxy groups -OCH3 is 1. The van der Waals surface area contributed by atoms with Gasteiger partial charge in [-0.05, 0) is 31.2 Å². The van der Waals surface area contributed by atoms with Crippen molar-refractivity contribution in [1.29, 1.82) is 0 Å². The summed E-state index contributed by atoms with van der Waals surface area (Å²) in [6, 6.07) is 5.01. The molecule has 32 heavy (non-hydrogen) atoms. The zero-order chi connectivity index (χ0) is 23.5. The Kier molecular flexibility index (Phi) is 6.71. The number of alkyl halides is 3. The Balaban J connectivity index is 2.12. The second-order valence-electron chi connectivity index (χ2n) is 6.46. The molecular formula is C20H17BF3N3O5. The number of ether oxygens (including phenoxy) is 2. The highest BCUT2D eigenvalue weighted by Crippen LogP contribution is 2.37. The van der Waals surface area contributed by atoms with Crippen molar-refractivity contribution in [1.82, 2.24) is 15.3 Å². The van der Waals surface area contributed by atoms with Crippen molar-refractivity contribution in [3.8, 4) is 17.2 Å². The number of amides is 1. The molecule has 166 valence electrons. The average Bonchev–Trinajstić information content (AvgIpc) is 3.15. The Morgan fingerprint density at radius 1 is 1.19 bits per heavy atom. The van der Waals surface area contributed by atoms with E-state index in [0.29, 0.717) is 5.56 Å². The molecule has 0 spiro atoms. The van der Waals surface area contributed by atoms with Gasteiger partial charge in [-0.25, -0.2) is 14.8 Å². The van der Waals surface area contributed by atoms with Crippen LogP contribution in [0.3, 0.4) is 0 Å². The van der Waals surface area contributed by atoms with Crippen LogP contribution in [0.1, 0.15) is 28.9 Å². The van der Waals surface area contributed by atoms with Crippen LogP contribution in [0.25, 0.3) is 22.4 Å². The van der Waals surface area contributed by atoms with Crippen LogP contribution >= 0.6 is 0 Å². The van der Waals surface area contributed by atoms with Crippen LogP contribution in [-0.4, -0.2) is 49.9 Å². The molecule has 0 aliphatic carbocycles. The molecule has 0 unspecified atom stereocenters. The van der Waals surface area contributed by atoms with E-state index in [1.54, 1.807) is 6.92 Å². The smallest absolute Gasteiger partial charge is 0.433 e. The SMILES string of the molecule is [B]C(=O)NCCc1oc(-c2ccc(OC)c3nc(C(F)(F)F)ccc23)nc1C(=O)OCC. The number of carbonyl (C=O) groups is 2. The van der Waals surface area contributed by atoms with Crippen molar-refractivity contribution in [3.05, 3.63) is 41.4 Å². The minimum Gasteiger partial charge on any atom is -0.494 e. The lowest BCUT2D eigenvalue weighted by Gasteiger charge is -2.11. The monoisotopic (exact) mass is 447 g/mol. The second-order valence-corrected chi connectivity index (χ2v) is 6.46. The summed E-state index contributed by atoms with van der Waals surface area (Å²) in [5.74, 6) is -1.28. The van der Waals surface area contributed by atoms with Gasteiger partial charge in [-0.1, -0.05) is 0 Å². The molecule has 0 aliphatic rings. The molecule has 2 heterocycles. The van der Waals surface area contributed by atoms with Crippen molar-refractivity contribution in [2.45, 2.75) is 19.5 Å². The molecule has 0 atom stereocenters. The third-order valence-electron chi connectivity index (χ3n) is 4.38. The number of hydrogen-bond donors (Lipinski definition) is 1. The first kappa shape index (κ1) is 23.1. The topological polar surface area (TPSA) is 104 Å². The van der Waals surface area contributed by atoms with Gasteiger partial charge in [0.1, 0.15) is 22.7 Å². The summed E-state index contributed by atoms with van der Waals surface area (Å²) < 4.78 is 55.3. The molecular weight excluding hydrogens is 430 g/mol. The maximum absolute atomic E-state index is 13.1. The van der Waals surface area contributed by atoms with E-state index in [-0.39, 0.29) is 53.6 Å². The molecule has 0 saturated carbocycles. The Labute approximate surface area is 181 Å². The molecule has 3 aromatic rings. The molecule has 0 fully saturated rings. The van der Waals surface area contributed by atoms with Crippen molar-refractivity contribution >= 4 is 30.5 Å². The second kappa shape index (κ2) is 9.29. The fourth-order valence-corrected chi connectivity index (χ4v) is 3.00. The van der Waals surface area contributed by atoms with Gasteiger partial charge in [0.05, 0.1) is 13.7 Å². The van der Waals surface area contributed by atoms with E-state index in [4.69, 9.17) is 21.7 Å². The summed E-state index contributed by atoms with van der Waals surface area (Å²) in [6.45, 7) is 1.78. The van der Waals surface area contributed by atoms with E-state index in [1.165, 1.54) is 25.3 Å². The van der Waals surface area contributed by atoms with Gasteiger partial charge in [0.15, 0.2) is 19.3 Å². The number of halogens is 3. The number of fused-ring (bicyclic) bond motifs is 1. The van der Waals surface area contributed by atoms with Crippen LogP contribution in [0.4, 0.5) is 18.0 Å². The van der Waals surface area contributed by atoms with Gasteiger partial charge in [-0.2, -0.15) is 13.2 Å². The van der Waals surface area contributed by atoms with E-state index < -0.39 is 23.6 Å². The first-order valence-corrected chi connectivity index (χ1v) is 9.41. The highest BCUT2D eigenvalue weighted by molar-refractivity contribution is 6.57. The Morgan fingerprint density at radius 2 is 1.94 bits per heavy atom. The summed E-state index contributed by atoms with van der Waals surface area (Å²) >= 11 is 0. The van der Waals surface area contributed by atoms with Gasteiger partial charge in [-0.3, -0.25) is 4.79 Å². The molecule has 1 amide bonds. The number of hydrogen-bond acceptors (Lipinski definition) is 7. The molecule has 1 N–H and O–H groups in total. The molecule has 0 aliphatic heterocycles. The summed E-state index contributed by atoms with van der Waals surface area (Å²) in [5, 5.41) is 2.65. The van der Waals surface area contributed by atoms with Crippen molar-refractivity contribution in [2.75, 3.05) is 20.3 Å². The van der Waals surface area contributed by atoms with Crippen molar-refractivity contribution in [2.24, 2.45) is 0 Å². The third kappa shape index (κ3) is 4.84. The molecule has 0 bridgehead atoms. The predicted molar refractivity (Wildman–Crippen MR) is 108 cm³/mol. The normalized spacial score (nSPS) is 11.4. The number of carbonyl (C=O) groups excluding carboxylic acids is 2. The highest BCUT2D eigenvalue weighted by atomic mass is 19.4. The van der Waals surface area contributed by atoms with Gasteiger partial charge in [0.25, 0.3) is 0 Å². The average molecular weight is 447 g/mol. The van der Waals surface area contributed by atoms with Crippen LogP contribution in [0.5, 0.6) is 5.75 Å². The van der Waals surface area contributed by atoms with Crippen molar-refractivity contribution < 1.29 is 36.7 Å². The first-order chi connectivity index (χ1) is 15.2. The quantitative estimate of drug-likeness (QED) is 0.437. The zero-order valence-electron chi connectivity index (χ0n) is 17.1. The number of esters is 1. The van der Waals surface area contributed by atoms with Gasteiger partial charge in [-0.15, -0.1) is 0 Å². The maximum atomic E-state index is 13.1. The Bertz CT molecular complexity index is 1160. The number of pyridine rings is 1. The largest absolute Gasteiger partial charge is 0.494 e. The van der Waals surface area contributed by atoms with E-state index in [1.807, 2.05) is 0 Å². The summed E-state index contributed by atoms with van der Waals surface area (Å²) in [6.07, 6.45) is -4.57. The zero-order valence-corrected chi connectivity index (χ0v) is 17.1. The molecule has 3 rings (SSSR count). The van der Waals surface area contributed by atoms with Crippen LogP contribution in [0.2, 0.25) is 0 Å². The minimum absolute atomic E-state index is 0.0312. The number of nitrogens with zero attached hydrogens (tertiary/aromatic N) is 2. The molecule has 0 saturated heterocycles. The summed E-state index contributed by atoms with van der Waals surface area (Å²) in [5.41, 5.74) is -0.954. The van der Waals surface area contributed by atoms with Gasteiger partial charge < -0.3 is 19.2 Å². The fourth-order valence-electron chi connectivity index (χ4n) is 3.00. The van der Waals surface area contributed by atoms with Crippen LogP contribution in [0.15, 0.2) is 28.7 Å². The molecule has 12 heteroatoms. The van der Waals surface area contributed by atoms with Crippen LogP contribution in [-0.2, 0) is 17.3 Å². The number of oxazole rings is 1. The Morgan fingerprint density at radius 3 is 2.56 bits per heavy atom. The number of rotatable bonds is 7. The predicted octanol–water partition coefficient (Wildman–Crippen LogP) is 3.51. The van der Waals surface area contributed by atoms with E-state index in [9.17, 15) is 22.8 Å². The summed E-state index contributed by atoms with van der Waals surface area (Å²) in [4.78, 5) is 31.1. The number of aromatic nitrogens is 2. The standard InChI is InChI=1S/C20H17BF3N3O5/c1-3-31-18(28)16-13(8-9-25-19(21)29)32-17(27-16)11-4-6-12(30-2)15-10(11)5-7-14(26-15)20(22,23)24/h4-7H,3,8-9H2,1-2H3,(H,25,29). The van der Waals surface area contributed by atoms with Crippen molar-refractivity contribution in [3.63, 3.8) is 0 Å². The van der Waals surface area contributed by atoms with E-state index in [0.717, 1.165) is 6.07 Å². The number of nitrogens with one attached hydrogen (secondary N) is 1. The maximum Gasteiger partial charge on any atom is 0.433 e. The first-order valence-electron chi connectivity index (χ1n) is 9.41. The van der Waals surface area contributed by atoms with Gasteiger partial charge >= 0.3 is 12.1 Å². The van der Waals surface area contributed by atoms with E-state index in [2.05, 4.69) is 15.3 Å². The molecule has 2 aromatic heterocycles. The number of benzene rings is 1. The highest BCUT2D eigenvalue weighted by Gasteiger charge is 2.33. The molecule has 8 nitrogen and oxygen atoms in total. The third-order valence-corrected chi connectivity index (χ3v) is 4.38. The lowest BCUT2D eigenvalue weighted by molar-refractivity contribution is -0.140. The van der Waals surface area contributed by atoms with Gasteiger partial charge in [0.2, 0.25) is 5.89 Å². The van der Waals surface area contributed by atoms with E-state index >= 15 is 0 Å².